The van der Waals surface area contributed by atoms with E-state index in [-0.39, 0.29) is 11.9 Å². The van der Waals surface area contributed by atoms with Gasteiger partial charge in [-0.1, -0.05) is 28.1 Å². The highest BCUT2D eigenvalue weighted by atomic mass is 79.9. The molecule has 1 aromatic carbocycles. The molecular formula is C20H18BrN5OS. The third-order valence-electron chi connectivity index (χ3n) is 4.77. The van der Waals surface area contributed by atoms with Gasteiger partial charge in [0.15, 0.2) is 0 Å². The molecule has 4 rings (SSSR count). The lowest BCUT2D eigenvalue weighted by atomic mass is 9.94. The molecule has 0 radical (unpaired) electrons. The van der Waals surface area contributed by atoms with Gasteiger partial charge in [0.2, 0.25) is 0 Å². The number of benzene rings is 1. The summed E-state index contributed by atoms with van der Waals surface area (Å²) in [4.78, 5) is 13.6. The molecular weight excluding hydrogens is 438 g/mol. The number of carbonyl (C=O) groups excluding carboxylic acids is 1. The van der Waals surface area contributed by atoms with Crippen LogP contribution in [0.3, 0.4) is 0 Å². The zero-order valence-electron chi connectivity index (χ0n) is 15.2. The number of carbonyl (C=O) groups is 1. The third kappa shape index (κ3) is 3.87. The summed E-state index contributed by atoms with van der Waals surface area (Å²) >= 11 is 4.99. The predicted molar refractivity (Wildman–Crippen MR) is 112 cm³/mol. The van der Waals surface area contributed by atoms with Crippen molar-refractivity contribution in [1.29, 1.82) is 5.26 Å². The maximum atomic E-state index is 12.5. The molecule has 28 heavy (non-hydrogen) atoms. The predicted octanol–water partition coefficient (Wildman–Crippen LogP) is 3.63. The normalized spacial score (nSPS) is 15.7. The van der Waals surface area contributed by atoms with Gasteiger partial charge in [0.1, 0.15) is 11.1 Å². The molecule has 6 nitrogen and oxygen atoms in total. The van der Waals surface area contributed by atoms with Gasteiger partial charge in [-0.25, -0.2) is 0 Å². The van der Waals surface area contributed by atoms with Crippen LogP contribution in [0.25, 0.3) is 0 Å². The van der Waals surface area contributed by atoms with Crippen LogP contribution in [-0.2, 0) is 26.4 Å². The Morgan fingerprint density at radius 1 is 1.54 bits per heavy atom. The molecule has 2 aromatic heterocycles. The lowest BCUT2D eigenvalue weighted by Gasteiger charge is -2.24. The number of anilines is 1. The second-order valence-electron chi connectivity index (χ2n) is 6.79. The van der Waals surface area contributed by atoms with Crippen molar-refractivity contribution in [3.8, 4) is 6.07 Å². The average Bonchev–Trinajstić information content (AvgIpc) is 3.24. The fourth-order valence-electron chi connectivity index (χ4n) is 3.44. The number of fused-ring (bicyclic) bond motifs is 1. The Morgan fingerprint density at radius 2 is 2.39 bits per heavy atom. The summed E-state index contributed by atoms with van der Waals surface area (Å²) in [6.07, 6.45) is 4.83. The quantitative estimate of drug-likeness (QED) is 0.628. The van der Waals surface area contributed by atoms with Crippen molar-refractivity contribution in [2.75, 3.05) is 5.32 Å². The smallest absolute Gasteiger partial charge is 0.259 e. The minimum Gasteiger partial charge on any atom is -0.312 e. The molecule has 0 spiro atoms. The van der Waals surface area contributed by atoms with E-state index < -0.39 is 0 Å². The molecule has 1 amide bonds. The van der Waals surface area contributed by atoms with Crippen molar-refractivity contribution in [2.45, 2.75) is 25.4 Å². The molecule has 0 fully saturated rings. The Hall–Kier alpha value is -2.47. The van der Waals surface area contributed by atoms with Crippen molar-refractivity contribution >= 4 is 38.2 Å². The number of nitriles is 1. The van der Waals surface area contributed by atoms with E-state index in [1.165, 1.54) is 23.1 Å². The van der Waals surface area contributed by atoms with Gasteiger partial charge in [0, 0.05) is 35.2 Å². The molecule has 0 aliphatic carbocycles. The Kier molecular flexibility index (Phi) is 5.31. The molecule has 1 aliphatic heterocycles. The number of nitrogens with zero attached hydrogens (tertiary/aromatic N) is 3. The van der Waals surface area contributed by atoms with E-state index in [2.05, 4.69) is 49.9 Å². The SMILES string of the molecule is Cn1cc(C(=O)Nc2sc3c(c2C#N)CC(Cc2cccc(Br)c2)NC3)cn1. The van der Waals surface area contributed by atoms with E-state index in [4.69, 9.17) is 0 Å². The highest BCUT2D eigenvalue weighted by Gasteiger charge is 2.26. The fraction of sp³-hybridized carbons (Fsp3) is 0.250. The average molecular weight is 456 g/mol. The zero-order chi connectivity index (χ0) is 19.7. The lowest BCUT2D eigenvalue weighted by molar-refractivity contribution is 0.102. The van der Waals surface area contributed by atoms with E-state index in [9.17, 15) is 10.1 Å². The van der Waals surface area contributed by atoms with Gasteiger partial charge >= 0.3 is 0 Å². The first-order valence-electron chi connectivity index (χ1n) is 8.86. The fourth-order valence-corrected chi connectivity index (χ4v) is 5.01. The number of nitrogens with one attached hydrogen (secondary N) is 2. The van der Waals surface area contributed by atoms with E-state index in [0.717, 1.165) is 27.8 Å². The van der Waals surface area contributed by atoms with Crippen molar-refractivity contribution in [3.05, 3.63) is 68.3 Å². The summed E-state index contributed by atoms with van der Waals surface area (Å²) in [6.45, 7) is 0.704. The molecule has 1 unspecified atom stereocenters. The first kappa shape index (κ1) is 18.9. The highest BCUT2D eigenvalue weighted by Crippen LogP contribution is 2.36. The first-order chi connectivity index (χ1) is 13.5. The van der Waals surface area contributed by atoms with Crippen LogP contribution < -0.4 is 10.6 Å². The monoisotopic (exact) mass is 455 g/mol. The van der Waals surface area contributed by atoms with E-state index in [1.54, 1.807) is 17.9 Å². The number of rotatable bonds is 4. The van der Waals surface area contributed by atoms with Crippen LogP contribution in [0.2, 0.25) is 0 Å². The molecule has 2 N–H and O–H groups in total. The van der Waals surface area contributed by atoms with E-state index in [1.807, 2.05) is 12.1 Å². The summed E-state index contributed by atoms with van der Waals surface area (Å²) in [6, 6.07) is 10.8. The van der Waals surface area contributed by atoms with Crippen LogP contribution in [0.5, 0.6) is 0 Å². The molecule has 0 saturated heterocycles. The van der Waals surface area contributed by atoms with E-state index in [0.29, 0.717) is 22.7 Å². The van der Waals surface area contributed by atoms with Gasteiger partial charge < -0.3 is 10.6 Å². The molecule has 0 saturated carbocycles. The van der Waals surface area contributed by atoms with Crippen LogP contribution in [0.15, 0.2) is 41.1 Å². The van der Waals surface area contributed by atoms with Crippen molar-refractivity contribution in [1.82, 2.24) is 15.1 Å². The molecule has 8 heteroatoms. The number of thiophene rings is 1. The molecule has 3 aromatic rings. The first-order valence-corrected chi connectivity index (χ1v) is 10.5. The van der Waals surface area contributed by atoms with Crippen molar-refractivity contribution in [3.63, 3.8) is 0 Å². The molecule has 1 atom stereocenters. The minimum atomic E-state index is -0.248. The maximum absolute atomic E-state index is 12.5. The standard InChI is InChI=1S/C20H18BrN5OS/c1-26-11-13(9-24-26)19(27)25-20-17(8-22)16-7-15(23-10-18(16)28-20)6-12-3-2-4-14(21)5-12/h2-5,9,11,15,23H,6-7,10H2,1H3,(H,25,27). The molecule has 142 valence electrons. The lowest BCUT2D eigenvalue weighted by Crippen LogP contribution is -2.36. The van der Waals surface area contributed by atoms with Gasteiger partial charge in [0.05, 0.1) is 17.3 Å². The van der Waals surface area contributed by atoms with Crippen LogP contribution in [0.1, 0.15) is 31.9 Å². The summed E-state index contributed by atoms with van der Waals surface area (Å²) in [5, 5.41) is 20.8. The number of amides is 1. The Balaban J connectivity index is 1.53. The Labute approximate surface area is 175 Å². The number of hydrogen-bond donors (Lipinski definition) is 2. The topological polar surface area (TPSA) is 82.7 Å². The van der Waals surface area contributed by atoms with Crippen LogP contribution in [-0.4, -0.2) is 21.7 Å². The summed E-state index contributed by atoms with van der Waals surface area (Å²) in [7, 11) is 1.76. The van der Waals surface area contributed by atoms with Gasteiger partial charge in [-0.15, -0.1) is 11.3 Å². The summed E-state index contributed by atoms with van der Waals surface area (Å²) < 4.78 is 2.64. The van der Waals surface area contributed by atoms with Crippen LogP contribution in [0, 0.1) is 11.3 Å². The van der Waals surface area contributed by atoms with Crippen LogP contribution in [0.4, 0.5) is 5.00 Å². The number of halogens is 1. The van der Waals surface area contributed by atoms with Crippen molar-refractivity contribution in [2.24, 2.45) is 7.05 Å². The molecule has 3 heterocycles. The number of aryl methyl sites for hydroxylation is 1. The van der Waals surface area contributed by atoms with Gasteiger partial charge in [0.25, 0.3) is 5.91 Å². The van der Waals surface area contributed by atoms with Crippen LogP contribution >= 0.6 is 27.3 Å². The second kappa shape index (κ2) is 7.87. The zero-order valence-corrected chi connectivity index (χ0v) is 17.6. The molecule has 0 bridgehead atoms. The Bertz CT molecular complexity index is 1080. The number of aromatic nitrogens is 2. The highest BCUT2D eigenvalue weighted by molar-refractivity contribution is 9.10. The summed E-state index contributed by atoms with van der Waals surface area (Å²) in [5.74, 6) is -0.248. The van der Waals surface area contributed by atoms with E-state index >= 15 is 0 Å². The van der Waals surface area contributed by atoms with Crippen molar-refractivity contribution < 1.29 is 4.79 Å². The molecule has 1 aliphatic rings. The number of hydrogen-bond acceptors (Lipinski definition) is 5. The second-order valence-corrected chi connectivity index (χ2v) is 8.81. The largest absolute Gasteiger partial charge is 0.312 e. The van der Waals surface area contributed by atoms with Gasteiger partial charge in [-0.2, -0.15) is 10.4 Å². The van der Waals surface area contributed by atoms with Gasteiger partial charge in [-0.05, 0) is 36.1 Å². The van der Waals surface area contributed by atoms with Gasteiger partial charge in [-0.3, -0.25) is 9.48 Å². The maximum Gasteiger partial charge on any atom is 0.259 e. The third-order valence-corrected chi connectivity index (χ3v) is 6.41. The minimum absolute atomic E-state index is 0.248. The Morgan fingerprint density at radius 3 is 3.11 bits per heavy atom. The summed E-state index contributed by atoms with van der Waals surface area (Å²) in [5.41, 5.74) is 3.35.